The smallest absolute Gasteiger partial charge is 0.244 e. The Hall–Kier alpha value is -2.58. The number of carbonyl (C=O) groups is 2. The Morgan fingerprint density at radius 2 is 1.78 bits per heavy atom. The molecule has 0 spiro atoms. The quantitative estimate of drug-likeness (QED) is 0.511. The number of rotatable bonds is 9. The summed E-state index contributed by atoms with van der Waals surface area (Å²) in [5, 5.41) is 3.58. The molecule has 1 fully saturated rings. The van der Waals surface area contributed by atoms with E-state index in [-0.39, 0.29) is 18.5 Å². The summed E-state index contributed by atoms with van der Waals surface area (Å²) >= 11 is 6.06. The van der Waals surface area contributed by atoms with E-state index < -0.39 is 28.5 Å². The maximum absolute atomic E-state index is 13.7. The SMILES string of the molecule is Cc1cccc(CN(C(=O)CN(c2ccc(Cl)cc2C)S(C)(=O)=O)C(C)C(=O)NC2CCCCC2)c1. The molecule has 0 aromatic heterocycles. The molecule has 1 unspecified atom stereocenters. The summed E-state index contributed by atoms with van der Waals surface area (Å²) in [7, 11) is -3.79. The van der Waals surface area contributed by atoms with Crippen molar-refractivity contribution in [3.63, 3.8) is 0 Å². The van der Waals surface area contributed by atoms with Crippen LogP contribution in [0.15, 0.2) is 42.5 Å². The van der Waals surface area contributed by atoms with Gasteiger partial charge in [0.05, 0.1) is 11.9 Å². The summed E-state index contributed by atoms with van der Waals surface area (Å²) in [5.41, 5.74) is 2.92. The van der Waals surface area contributed by atoms with Crippen molar-refractivity contribution >= 4 is 39.1 Å². The third-order valence-corrected chi connectivity index (χ3v) is 8.02. The second kappa shape index (κ2) is 12.1. The van der Waals surface area contributed by atoms with Crippen LogP contribution in [-0.4, -0.2) is 50.0 Å². The van der Waals surface area contributed by atoms with E-state index in [1.165, 1.54) is 11.3 Å². The number of nitrogens with one attached hydrogen (secondary N) is 1. The fourth-order valence-corrected chi connectivity index (χ4v) is 5.79. The van der Waals surface area contributed by atoms with Crippen molar-refractivity contribution in [2.24, 2.45) is 0 Å². The van der Waals surface area contributed by atoms with Gasteiger partial charge in [-0.1, -0.05) is 60.7 Å². The molecular weight excluding hydrogens is 498 g/mol. The number of halogens is 1. The van der Waals surface area contributed by atoms with Crippen LogP contribution < -0.4 is 9.62 Å². The van der Waals surface area contributed by atoms with E-state index >= 15 is 0 Å². The van der Waals surface area contributed by atoms with E-state index in [4.69, 9.17) is 11.6 Å². The molecule has 1 aliphatic rings. The van der Waals surface area contributed by atoms with Crippen LogP contribution in [-0.2, 0) is 26.2 Å². The number of carbonyl (C=O) groups excluding carboxylic acids is 2. The molecule has 3 rings (SSSR count). The van der Waals surface area contributed by atoms with Crippen molar-refractivity contribution in [1.29, 1.82) is 0 Å². The number of benzene rings is 2. The van der Waals surface area contributed by atoms with Crippen molar-refractivity contribution in [3.8, 4) is 0 Å². The molecule has 196 valence electrons. The van der Waals surface area contributed by atoms with Crippen LogP contribution in [0.1, 0.15) is 55.7 Å². The summed E-state index contributed by atoms with van der Waals surface area (Å²) in [6, 6.07) is 11.9. The molecule has 2 aromatic carbocycles. The lowest BCUT2D eigenvalue weighted by molar-refractivity contribution is -0.139. The first-order chi connectivity index (χ1) is 17.0. The van der Waals surface area contributed by atoms with E-state index in [1.54, 1.807) is 32.0 Å². The fraction of sp³-hybridized carbons (Fsp3) is 0.481. The molecule has 0 bridgehead atoms. The average molecular weight is 534 g/mol. The Bertz CT molecular complexity index is 1200. The zero-order valence-corrected chi connectivity index (χ0v) is 23.0. The average Bonchev–Trinajstić information content (AvgIpc) is 2.81. The second-order valence-corrected chi connectivity index (χ2v) is 12.1. The molecule has 0 heterocycles. The van der Waals surface area contributed by atoms with Crippen molar-refractivity contribution in [3.05, 3.63) is 64.2 Å². The van der Waals surface area contributed by atoms with Crippen molar-refractivity contribution in [2.75, 3.05) is 17.1 Å². The van der Waals surface area contributed by atoms with Gasteiger partial charge in [-0.3, -0.25) is 13.9 Å². The Morgan fingerprint density at radius 1 is 1.08 bits per heavy atom. The zero-order chi connectivity index (χ0) is 26.5. The first kappa shape index (κ1) is 28.0. The van der Waals surface area contributed by atoms with Gasteiger partial charge in [-0.2, -0.15) is 0 Å². The van der Waals surface area contributed by atoms with E-state index in [0.717, 1.165) is 47.4 Å². The molecule has 36 heavy (non-hydrogen) atoms. The first-order valence-electron chi connectivity index (χ1n) is 12.3. The highest BCUT2D eigenvalue weighted by molar-refractivity contribution is 7.92. The summed E-state index contributed by atoms with van der Waals surface area (Å²) < 4.78 is 26.6. The molecule has 0 radical (unpaired) electrons. The fourth-order valence-electron chi connectivity index (χ4n) is 4.65. The van der Waals surface area contributed by atoms with Gasteiger partial charge in [-0.05, 0) is 62.9 Å². The summed E-state index contributed by atoms with van der Waals surface area (Å²) in [4.78, 5) is 28.4. The molecule has 1 N–H and O–H groups in total. The summed E-state index contributed by atoms with van der Waals surface area (Å²) in [6.07, 6.45) is 6.26. The molecule has 0 aliphatic heterocycles. The van der Waals surface area contributed by atoms with Gasteiger partial charge < -0.3 is 10.2 Å². The van der Waals surface area contributed by atoms with Crippen molar-refractivity contribution < 1.29 is 18.0 Å². The number of sulfonamides is 1. The minimum Gasteiger partial charge on any atom is -0.352 e. The number of anilines is 1. The number of hydrogen-bond donors (Lipinski definition) is 1. The van der Waals surface area contributed by atoms with Crippen LogP contribution in [0.4, 0.5) is 5.69 Å². The van der Waals surface area contributed by atoms with E-state index in [9.17, 15) is 18.0 Å². The minimum absolute atomic E-state index is 0.105. The van der Waals surface area contributed by atoms with Crippen molar-refractivity contribution in [2.45, 2.75) is 71.5 Å². The van der Waals surface area contributed by atoms with Gasteiger partial charge in [0.15, 0.2) is 0 Å². The summed E-state index contributed by atoms with van der Waals surface area (Å²) in [6.45, 7) is 5.17. The number of aryl methyl sites for hydroxylation is 2. The number of amides is 2. The summed E-state index contributed by atoms with van der Waals surface area (Å²) in [5.74, 6) is -0.681. The van der Waals surface area contributed by atoms with Gasteiger partial charge in [0.2, 0.25) is 21.8 Å². The predicted octanol–water partition coefficient (Wildman–Crippen LogP) is 4.59. The lowest BCUT2D eigenvalue weighted by Gasteiger charge is -2.33. The van der Waals surface area contributed by atoms with Crippen LogP contribution in [0.25, 0.3) is 0 Å². The Labute approximate surface area is 219 Å². The van der Waals surface area contributed by atoms with Gasteiger partial charge in [-0.15, -0.1) is 0 Å². The largest absolute Gasteiger partial charge is 0.352 e. The highest BCUT2D eigenvalue weighted by Crippen LogP contribution is 2.26. The Balaban J connectivity index is 1.89. The predicted molar refractivity (Wildman–Crippen MR) is 145 cm³/mol. The number of nitrogens with zero attached hydrogens (tertiary/aromatic N) is 2. The Kier molecular flexibility index (Phi) is 9.41. The highest BCUT2D eigenvalue weighted by Gasteiger charge is 2.31. The van der Waals surface area contributed by atoms with Gasteiger partial charge in [0.1, 0.15) is 12.6 Å². The maximum Gasteiger partial charge on any atom is 0.244 e. The second-order valence-electron chi connectivity index (χ2n) is 9.73. The van der Waals surface area contributed by atoms with Crippen molar-refractivity contribution in [1.82, 2.24) is 10.2 Å². The van der Waals surface area contributed by atoms with Crippen LogP contribution in [0, 0.1) is 13.8 Å². The molecule has 1 aliphatic carbocycles. The van der Waals surface area contributed by atoms with Crippen LogP contribution in [0.5, 0.6) is 0 Å². The van der Waals surface area contributed by atoms with Crippen LogP contribution in [0.2, 0.25) is 5.02 Å². The van der Waals surface area contributed by atoms with E-state index in [1.807, 2.05) is 31.2 Å². The molecule has 2 amide bonds. The number of hydrogen-bond acceptors (Lipinski definition) is 4. The monoisotopic (exact) mass is 533 g/mol. The lowest BCUT2D eigenvalue weighted by atomic mass is 9.95. The van der Waals surface area contributed by atoms with Gasteiger partial charge in [0, 0.05) is 17.6 Å². The highest BCUT2D eigenvalue weighted by atomic mass is 35.5. The maximum atomic E-state index is 13.7. The topological polar surface area (TPSA) is 86.8 Å². The van der Waals surface area contributed by atoms with Gasteiger partial charge >= 0.3 is 0 Å². The Morgan fingerprint density at radius 3 is 2.39 bits per heavy atom. The molecular formula is C27H36ClN3O4S. The molecule has 2 aromatic rings. The molecule has 0 saturated heterocycles. The first-order valence-corrected chi connectivity index (χ1v) is 14.6. The van der Waals surface area contributed by atoms with E-state index in [0.29, 0.717) is 16.3 Å². The standard InChI is InChI=1S/C27H36ClN3O4S/c1-19-9-8-10-22(15-19)17-30(21(3)27(33)29-24-11-6-5-7-12-24)26(32)18-31(36(4,34)35)25-14-13-23(28)16-20(25)2/h8-10,13-16,21,24H,5-7,11-12,17-18H2,1-4H3,(H,29,33). The minimum atomic E-state index is -3.79. The van der Waals surface area contributed by atoms with Crippen LogP contribution in [0.3, 0.4) is 0 Å². The molecule has 9 heteroatoms. The third-order valence-electron chi connectivity index (χ3n) is 6.66. The molecule has 7 nitrogen and oxygen atoms in total. The lowest BCUT2D eigenvalue weighted by Crippen LogP contribution is -2.53. The van der Waals surface area contributed by atoms with E-state index in [2.05, 4.69) is 5.32 Å². The third kappa shape index (κ3) is 7.46. The van der Waals surface area contributed by atoms with Gasteiger partial charge in [-0.25, -0.2) is 8.42 Å². The molecule has 1 atom stereocenters. The molecule has 1 saturated carbocycles. The van der Waals surface area contributed by atoms with Crippen LogP contribution >= 0.6 is 11.6 Å². The zero-order valence-electron chi connectivity index (χ0n) is 21.5. The van der Waals surface area contributed by atoms with Gasteiger partial charge in [0.25, 0.3) is 0 Å². The normalized spacial score (nSPS) is 15.2.